The number of nitrogens with zero attached hydrogens (tertiary/aromatic N) is 1. The van der Waals surface area contributed by atoms with Crippen LogP contribution in [0.5, 0.6) is 11.5 Å². The van der Waals surface area contributed by atoms with Gasteiger partial charge < -0.3 is 24.4 Å². The molecule has 1 fully saturated rings. The molecule has 1 aromatic rings. The fraction of sp³-hybridized carbons (Fsp3) is 0.556. The maximum Gasteiger partial charge on any atom is 0.414 e. The van der Waals surface area contributed by atoms with Gasteiger partial charge in [-0.2, -0.15) is 0 Å². The van der Waals surface area contributed by atoms with Crippen molar-refractivity contribution in [1.29, 1.82) is 0 Å². The minimum absolute atomic E-state index is 0.664. The first kappa shape index (κ1) is 21.7. The Morgan fingerprint density at radius 2 is 1.62 bits per heavy atom. The van der Waals surface area contributed by atoms with E-state index in [-0.39, 0.29) is 0 Å². The maximum atomic E-state index is 9.10. The number of hydrogen-bond acceptors (Lipinski definition) is 6. The van der Waals surface area contributed by atoms with E-state index in [0.717, 1.165) is 63.8 Å². The van der Waals surface area contributed by atoms with E-state index in [9.17, 15) is 0 Å². The molecule has 0 amide bonds. The molecule has 8 nitrogen and oxygen atoms in total. The molecule has 0 saturated carbocycles. The van der Waals surface area contributed by atoms with Crippen molar-refractivity contribution in [2.75, 3.05) is 46.1 Å². The summed E-state index contributed by atoms with van der Waals surface area (Å²) in [6, 6.07) is 7.86. The number of benzene rings is 1. The Morgan fingerprint density at radius 1 is 1.04 bits per heavy atom. The van der Waals surface area contributed by atoms with Gasteiger partial charge in [-0.05, 0) is 38.4 Å². The normalized spacial score (nSPS) is 14.0. The van der Waals surface area contributed by atoms with Crippen molar-refractivity contribution >= 4 is 11.9 Å². The van der Waals surface area contributed by atoms with Gasteiger partial charge in [-0.25, -0.2) is 9.59 Å². The topological polar surface area (TPSA) is 106 Å². The van der Waals surface area contributed by atoms with Gasteiger partial charge in [-0.1, -0.05) is 12.1 Å². The minimum atomic E-state index is -1.82. The fourth-order valence-corrected chi connectivity index (χ4v) is 2.29. The summed E-state index contributed by atoms with van der Waals surface area (Å²) in [5.41, 5.74) is 0. The fourth-order valence-electron chi connectivity index (χ4n) is 2.29. The average Bonchev–Trinajstić information content (AvgIpc) is 2.64. The molecule has 1 aliphatic rings. The molecule has 0 spiro atoms. The molecule has 0 radical (unpaired) electrons. The monoisotopic (exact) mass is 369 g/mol. The largest absolute Gasteiger partial charge is 0.490 e. The van der Waals surface area contributed by atoms with Crippen molar-refractivity contribution in [1.82, 2.24) is 4.90 Å². The van der Waals surface area contributed by atoms with Crippen LogP contribution in [0.25, 0.3) is 0 Å². The van der Waals surface area contributed by atoms with Crippen molar-refractivity contribution in [2.45, 2.75) is 19.8 Å². The summed E-state index contributed by atoms with van der Waals surface area (Å²) in [6.07, 6.45) is 2.23. The van der Waals surface area contributed by atoms with Crippen LogP contribution in [0, 0.1) is 0 Å². The Bertz CT molecular complexity index is 532. The van der Waals surface area contributed by atoms with Crippen LogP contribution >= 0.6 is 0 Å². The number of para-hydroxylation sites is 2. The van der Waals surface area contributed by atoms with Crippen molar-refractivity contribution < 1.29 is 34.0 Å². The highest BCUT2D eigenvalue weighted by atomic mass is 16.5. The molecule has 146 valence electrons. The van der Waals surface area contributed by atoms with E-state index < -0.39 is 11.9 Å². The zero-order chi connectivity index (χ0) is 19.2. The molecule has 1 saturated heterocycles. The van der Waals surface area contributed by atoms with Crippen molar-refractivity contribution in [3.05, 3.63) is 24.3 Å². The van der Waals surface area contributed by atoms with Gasteiger partial charge in [-0.15, -0.1) is 0 Å². The average molecular weight is 369 g/mol. The van der Waals surface area contributed by atoms with Crippen molar-refractivity contribution in [2.24, 2.45) is 0 Å². The molecule has 8 heteroatoms. The standard InChI is InChI=1S/C16H25NO3.C2H2O4/c1-2-19-15-7-3-4-8-16(15)20-12-6-5-9-17-10-13-18-14-11-17;3-1(4)2(5)6/h3-4,7-8H,2,5-6,9-14H2,1H3;(H,3,4)(H,5,6). The Kier molecular flexibility index (Phi) is 10.8. The van der Waals surface area contributed by atoms with Gasteiger partial charge >= 0.3 is 11.9 Å². The summed E-state index contributed by atoms with van der Waals surface area (Å²) >= 11 is 0. The second kappa shape index (κ2) is 13.0. The summed E-state index contributed by atoms with van der Waals surface area (Å²) in [6.45, 7) is 8.41. The number of aliphatic carboxylic acids is 2. The number of hydrogen-bond donors (Lipinski definition) is 2. The maximum absolute atomic E-state index is 9.10. The molecule has 1 heterocycles. The smallest absolute Gasteiger partial charge is 0.414 e. The third-order valence-electron chi connectivity index (χ3n) is 3.56. The van der Waals surface area contributed by atoms with Gasteiger partial charge in [0.15, 0.2) is 11.5 Å². The Balaban J connectivity index is 0.000000487. The lowest BCUT2D eigenvalue weighted by molar-refractivity contribution is -0.159. The second-order valence-electron chi connectivity index (χ2n) is 5.50. The van der Waals surface area contributed by atoms with E-state index in [2.05, 4.69) is 4.90 Å². The molecule has 0 aromatic heterocycles. The highest BCUT2D eigenvalue weighted by molar-refractivity contribution is 6.27. The number of ether oxygens (including phenoxy) is 3. The second-order valence-corrected chi connectivity index (χ2v) is 5.50. The number of carboxylic acid groups (broad SMARTS) is 2. The van der Waals surface area contributed by atoms with Gasteiger partial charge in [-0.3, -0.25) is 4.90 Å². The highest BCUT2D eigenvalue weighted by Gasteiger charge is 2.09. The third-order valence-corrected chi connectivity index (χ3v) is 3.56. The molecular formula is C18H27NO7. The summed E-state index contributed by atoms with van der Waals surface area (Å²) in [5.74, 6) is -1.96. The van der Waals surface area contributed by atoms with E-state index >= 15 is 0 Å². The van der Waals surface area contributed by atoms with Crippen molar-refractivity contribution in [3.63, 3.8) is 0 Å². The number of morpholine rings is 1. The number of carbonyl (C=O) groups is 2. The van der Waals surface area contributed by atoms with Crippen LogP contribution in [-0.2, 0) is 14.3 Å². The molecule has 2 rings (SSSR count). The molecule has 0 atom stereocenters. The Hall–Kier alpha value is -2.32. The van der Waals surface area contributed by atoms with Gasteiger partial charge in [0.1, 0.15) is 0 Å². The van der Waals surface area contributed by atoms with Crippen LogP contribution in [0.3, 0.4) is 0 Å². The van der Waals surface area contributed by atoms with Crippen LogP contribution in [-0.4, -0.2) is 73.1 Å². The predicted molar refractivity (Wildman–Crippen MR) is 94.9 cm³/mol. The van der Waals surface area contributed by atoms with Crippen LogP contribution < -0.4 is 9.47 Å². The van der Waals surface area contributed by atoms with E-state index in [1.807, 2.05) is 31.2 Å². The lowest BCUT2D eigenvalue weighted by atomic mass is 10.3. The molecule has 0 aliphatic carbocycles. The molecule has 0 unspecified atom stereocenters. The molecule has 1 aliphatic heterocycles. The zero-order valence-corrected chi connectivity index (χ0v) is 15.1. The zero-order valence-electron chi connectivity index (χ0n) is 15.1. The molecule has 26 heavy (non-hydrogen) atoms. The number of carboxylic acids is 2. The van der Waals surface area contributed by atoms with Crippen LogP contribution in [0.15, 0.2) is 24.3 Å². The lowest BCUT2D eigenvalue weighted by Gasteiger charge is -2.26. The van der Waals surface area contributed by atoms with E-state index in [0.29, 0.717) is 6.61 Å². The molecule has 0 bridgehead atoms. The number of unbranched alkanes of at least 4 members (excludes halogenated alkanes) is 1. The van der Waals surface area contributed by atoms with Crippen LogP contribution in [0.2, 0.25) is 0 Å². The quantitative estimate of drug-likeness (QED) is 0.527. The highest BCUT2D eigenvalue weighted by Crippen LogP contribution is 2.26. The number of rotatable bonds is 8. The van der Waals surface area contributed by atoms with E-state index in [4.69, 9.17) is 34.0 Å². The Labute approximate surface area is 153 Å². The van der Waals surface area contributed by atoms with Gasteiger partial charge in [0.2, 0.25) is 0 Å². The first-order valence-electron chi connectivity index (χ1n) is 8.65. The summed E-state index contributed by atoms with van der Waals surface area (Å²) < 4.78 is 16.7. The SMILES string of the molecule is CCOc1ccccc1OCCCCN1CCOCC1.O=C(O)C(=O)O. The summed E-state index contributed by atoms with van der Waals surface area (Å²) in [7, 11) is 0. The van der Waals surface area contributed by atoms with Crippen LogP contribution in [0.1, 0.15) is 19.8 Å². The molecular weight excluding hydrogens is 342 g/mol. The van der Waals surface area contributed by atoms with E-state index in [1.54, 1.807) is 0 Å². The predicted octanol–water partition coefficient (Wildman–Crippen LogP) is 1.73. The lowest BCUT2D eigenvalue weighted by Crippen LogP contribution is -2.36. The van der Waals surface area contributed by atoms with Gasteiger partial charge in [0, 0.05) is 13.1 Å². The Morgan fingerprint density at radius 3 is 2.15 bits per heavy atom. The first-order chi connectivity index (χ1) is 12.5. The van der Waals surface area contributed by atoms with E-state index in [1.165, 1.54) is 0 Å². The van der Waals surface area contributed by atoms with Gasteiger partial charge in [0.05, 0.1) is 26.4 Å². The third kappa shape index (κ3) is 9.24. The molecule has 1 aromatic carbocycles. The first-order valence-corrected chi connectivity index (χ1v) is 8.65. The van der Waals surface area contributed by atoms with Crippen LogP contribution in [0.4, 0.5) is 0 Å². The summed E-state index contributed by atoms with van der Waals surface area (Å²) in [4.78, 5) is 20.7. The molecule has 2 N–H and O–H groups in total. The summed E-state index contributed by atoms with van der Waals surface area (Å²) in [5, 5.41) is 14.8. The van der Waals surface area contributed by atoms with Gasteiger partial charge in [0.25, 0.3) is 0 Å². The van der Waals surface area contributed by atoms with Crippen molar-refractivity contribution in [3.8, 4) is 11.5 Å². The minimum Gasteiger partial charge on any atom is -0.490 e.